The number of benzene rings is 1. The molecule has 0 radical (unpaired) electrons. The second kappa shape index (κ2) is 4.59. The molecule has 1 aromatic rings. The van der Waals surface area contributed by atoms with Gasteiger partial charge in [-0.1, -0.05) is 24.3 Å². The summed E-state index contributed by atoms with van der Waals surface area (Å²) in [5.41, 5.74) is 9.02. The average Bonchev–Trinajstić information content (AvgIpc) is 3.33. The van der Waals surface area contributed by atoms with Crippen LogP contribution in [0.4, 0.5) is 0 Å². The van der Waals surface area contributed by atoms with Crippen molar-refractivity contribution in [2.45, 2.75) is 62.6 Å². The molecule has 3 nitrogen and oxygen atoms in total. The van der Waals surface area contributed by atoms with Crippen molar-refractivity contribution in [3.63, 3.8) is 0 Å². The van der Waals surface area contributed by atoms with E-state index < -0.39 is 0 Å². The highest BCUT2D eigenvalue weighted by Gasteiger charge is 2.43. The molecule has 20 heavy (non-hydrogen) atoms. The Labute approximate surface area is 120 Å². The lowest BCUT2D eigenvalue weighted by molar-refractivity contribution is -0.138. The lowest BCUT2D eigenvalue weighted by Gasteiger charge is -2.40. The number of hydrogen-bond acceptors (Lipinski definition) is 2. The molecule has 0 spiro atoms. The number of hydrogen-bond donors (Lipinski definition) is 1. The molecule has 0 bridgehead atoms. The Morgan fingerprint density at radius 1 is 0.950 bits per heavy atom. The molecule has 3 heteroatoms. The lowest BCUT2D eigenvalue weighted by Crippen LogP contribution is -2.49. The number of carbonyl (C=O) groups excluding carboxylic acids is 1. The molecule has 0 aromatic heterocycles. The van der Waals surface area contributed by atoms with Crippen LogP contribution in [-0.2, 0) is 4.79 Å². The Balaban J connectivity index is 1.63. The van der Waals surface area contributed by atoms with Crippen molar-refractivity contribution < 1.29 is 4.79 Å². The van der Waals surface area contributed by atoms with Crippen molar-refractivity contribution in [2.75, 3.05) is 0 Å². The van der Waals surface area contributed by atoms with Gasteiger partial charge in [0.25, 0.3) is 0 Å². The van der Waals surface area contributed by atoms with Gasteiger partial charge in [0.2, 0.25) is 5.91 Å². The summed E-state index contributed by atoms with van der Waals surface area (Å²) in [7, 11) is 0. The van der Waals surface area contributed by atoms with Crippen molar-refractivity contribution in [2.24, 2.45) is 5.73 Å². The minimum absolute atomic E-state index is 0.0834. The second-order valence-corrected chi connectivity index (χ2v) is 6.62. The van der Waals surface area contributed by atoms with Gasteiger partial charge in [-0.25, -0.2) is 0 Å². The molecule has 1 heterocycles. The van der Waals surface area contributed by atoms with Crippen LogP contribution >= 0.6 is 0 Å². The van der Waals surface area contributed by atoms with E-state index in [-0.39, 0.29) is 12.1 Å². The van der Waals surface area contributed by atoms with Crippen LogP contribution in [0.2, 0.25) is 0 Å². The third-order valence-corrected chi connectivity index (χ3v) is 4.95. The minimum Gasteiger partial charge on any atom is -0.331 e. The minimum atomic E-state index is 0.0834. The maximum atomic E-state index is 12.3. The number of rotatable bonds is 3. The SMILES string of the molecule is NC1CCC(=O)N(C2CC2)C1c1ccc(C2CC2)cc1. The number of likely N-dealkylation sites (tertiary alicyclic amines) is 1. The molecular formula is C17H22N2O. The number of amides is 1. The molecule has 2 atom stereocenters. The number of nitrogens with zero attached hydrogens (tertiary/aromatic N) is 1. The van der Waals surface area contributed by atoms with E-state index in [1.165, 1.54) is 24.0 Å². The van der Waals surface area contributed by atoms with Gasteiger partial charge in [-0.3, -0.25) is 4.79 Å². The molecule has 1 saturated heterocycles. The standard InChI is InChI=1S/C17H22N2O/c18-15-9-10-16(20)19(14-7-8-14)17(15)13-5-3-12(4-6-13)11-1-2-11/h3-6,11,14-15,17H,1-2,7-10,18H2. The van der Waals surface area contributed by atoms with Gasteiger partial charge in [-0.15, -0.1) is 0 Å². The van der Waals surface area contributed by atoms with E-state index in [0.29, 0.717) is 18.4 Å². The second-order valence-electron chi connectivity index (χ2n) is 6.62. The van der Waals surface area contributed by atoms with Gasteiger partial charge < -0.3 is 10.6 Å². The Kier molecular flexibility index (Phi) is 2.84. The van der Waals surface area contributed by atoms with E-state index in [9.17, 15) is 4.79 Å². The van der Waals surface area contributed by atoms with E-state index in [0.717, 1.165) is 25.2 Å². The van der Waals surface area contributed by atoms with E-state index in [1.54, 1.807) is 0 Å². The summed E-state index contributed by atoms with van der Waals surface area (Å²) in [4.78, 5) is 14.3. The van der Waals surface area contributed by atoms with Crippen molar-refractivity contribution in [3.05, 3.63) is 35.4 Å². The van der Waals surface area contributed by atoms with Crippen LogP contribution in [0.1, 0.15) is 61.6 Å². The third kappa shape index (κ3) is 2.14. The highest BCUT2D eigenvalue weighted by atomic mass is 16.2. The van der Waals surface area contributed by atoms with Crippen LogP contribution in [0, 0.1) is 0 Å². The highest BCUT2D eigenvalue weighted by molar-refractivity contribution is 5.78. The maximum absolute atomic E-state index is 12.3. The molecule has 106 valence electrons. The Hall–Kier alpha value is -1.35. The number of piperidine rings is 1. The smallest absolute Gasteiger partial charge is 0.223 e. The van der Waals surface area contributed by atoms with Gasteiger partial charge >= 0.3 is 0 Å². The largest absolute Gasteiger partial charge is 0.331 e. The first-order valence-electron chi connectivity index (χ1n) is 7.90. The average molecular weight is 270 g/mol. The zero-order valence-electron chi connectivity index (χ0n) is 11.8. The summed E-state index contributed by atoms with van der Waals surface area (Å²) in [5, 5.41) is 0. The van der Waals surface area contributed by atoms with E-state index in [4.69, 9.17) is 5.73 Å². The molecule has 4 rings (SSSR count). The van der Waals surface area contributed by atoms with Gasteiger partial charge in [0, 0.05) is 18.5 Å². The van der Waals surface area contributed by atoms with E-state index >= 15 is 0 Å². The molecule has 3 aliphatic rings. The van der Waals surface area contributed by atoms with Crippen molar-refractivity contribution in [3.8, 4) is 0 Å². The van der Waals surface area contributed by atoms with Gasteiger partial charge in [0.05, 0.1) is 6.04 Å². The Morgan fingerprint density at radius 3 is 2.20 bits per heavy atom. The van der Waals surface area contributed by atoms with Crippen molar-refractivity contribution >= 4 is 5.91 Å². The quantitative estimate of drug-likeness (QED) is 0.918. The van der Waals surface area contributed by atoms with Gasteiger partial charge in [0.1, 0.15) is 0 Å². The molecule has 2 unspecified atom stereocenters. The molecule has 1 amide bonds. The predicted molar refractivity (Wildman–Crippen MR) is 78.2 cm³/mol. The summed E-state index contributed by atoms with van der Waals surface area (Å²) >= 11 is 0. The van der Waals surface area contributed by atoms with Crippen LogP contribution in [0.15, 0.2) is 24.3 Å². The summed E-state index contributed by atoms with van der Waals surface area (Å²) in [5.74, 6) is 1.08. The zero-order chi connectivity index (χ0) is 13.7. The van der Waals surface area contributed by atoms with Gasteiger partial charge in [-0.05, 0) is 49.1 Å². The van der Waals surface area contributed by atoms with Gasteiger partial charge in [0.15, 0.2) is 0 Å². The Bertz CT molecular complexity index is 516. The van der Waals surface area contributed by atoms with Gasteiger partial charge in [-0.2, -0.15) is 0 Å². The molecule has 2 aliphatic carbocycles. The predicted octanol–water partition coefficient (Wildman–Crippen LogP) is 2.72. The molecule has 1 aliphatic heterocycles. The van der Waals surface area contributed by atoms with Crippen LogP contribution in [0.25, 0.3) is 0 Å². The van der Waals surface area contributed by atoms with E-state index in [1.807, 2.05) is 0 Å². The zero-order valence-corrected chi connectivity index (χ0v) is 11.8. The first-order valence-corrected chi connectivity index (χ1v) is 7.90. The summed E-state index contributed by atoms with van der Waals surface area (Å²) in [6.45, 7) is 0. The maximum Gasteiger partial charge on any atom is 0.223 e. The summed E-state index contributed by atoms with van der Waals surface area (Å²) < 4.78 is 0. The molecular weight excluding hydrogens is 248 g/mol. The molecule has 2 saturated carbocycles. The fourth-order valence-electron chi connectivity index (χ4n) is 3.51. The normalized spacial score (nSPS) is 30.6. The Morgan fingerprint density at radius 2 is 1.60 bits per heavy atom. The molecule has 1 aromatic carbocycles. The molecule has 2 N–H and O–H groups in total. The van der Waals surface area contributed by atoms with Crippen LogP contribution in [0.5, 0.6) is 0 Å². The molecule has 3 fully saturated rings. The lowest BCUT2D eigenvalue weighted by atomic mass is 9.89. The van der Waals surface area contributed by atoms with Crippen molar-refractivity contribution in [1.82, 2.24) is 4.90 Å². The van der Waals surface area contributed by atoms with Crippen molar-refractivity contribution in [1.29, 1.82) is 0 Å². The first kappa shape index (κ1) is 12.4. The van der Waals surface area contributed by atoms with Crippen LogP contribution in [0.3, 0.4) is 0 Å². The van der Waals surface area contributed by atoms with E-state index in [2.05, 4.69) is 29.2 Å². The van der Waals surface area contributed by atoms with Crippen LogP contribution in [-0.4, -0.2) is 22.9 Å². The van der Waals surface area contributed by atoms with Crippen LogP contribution < -0.4 is 5.73 Å². The topological polar surface area (TPSA) is 46.3 Å². The summed E-state index contributed by atoms with van der Waals surface area (Å²) in [6, 6.07) is 9.51. The highest BCUT2D eigenvalue weighted by Crippen LogP contribution is 2.42. The third-order valence-electron chi connectivity index (χ3n) is 4.95. The number of nitrogens with two attached hydrogens (primary N) is 1. The fourth-order valence-corrected chi connectivity index (χ4v) is 3.51. The number of carbonyl (C=O) groups is 1. The monoisotopic (exact) mass is 270 g/mol. The first-order chi connectivity index (χ1) is 9.74. The fraction of sp³-hybridized carbons (Fsp3) is 0.588. The summed E-state index contributed by atoms with van der Waals surface area (Å²) in [6.07, 6.45) is 6.39.